The fourth-order valence-electron chi connectivity index (χ4n) is 1.09. The molecule has 1 radical (unpaired) electrons. The van der Waals surface area contributed by atoms with Gasteiger partial charge in [-0.3, -0.25) is 4.79 Å². The highest BCUT2D eigenvalue weighted by Gasteiger charge is 2.08. The molecule has 0 aromatic heterocycles. The molecular weight excluding hydrogens is 208 g/mol. The summed E-state index contributed by atoms with van der Waals surface area (Å²) in [6, 6.07) is 10.0. The average molecular weight is 221 g/mol. The van der Waals surface area contributed by atoms with Crippen molar-refractivity contribution in [2.75, 3.05) is 13.2 Å². The molecule has 0 aliphatic rings. The van der Waals surface area contributed by atoms with Crippen LogP contribution in [0.1, 0.15) is 12.5 Å². The van der Waals surface area contributed by atoms with E-state index in [9.17, 15) is 9.59 Å². The van der Waals surface area contributed by atoms with Crippen LogP contribution in [0.15, 0.2) is 24.3 Å². The lowest BCUT2D eigenvalue weighted by atomic mass is 10.2. The van der Waals surface area contributed by atoms with Crippen molar-refractivity contribution in [2.24, 2.45) is 0 Å². The molecule has 0 aliphatic carbocycles. The minimum atomic E-state index is -0.534. The first-order valence-corrected chi connectivity index (χ1v) is 4.99. The maximum Gasteiger partial charge on any atom is 0.344 e. The molecule has 16 heavy (non-hydrogen) atoms. The molecule has 0 N–H and O–H groups in total. The Kier molecular flexibility index (Phi) is 5.05. The summed E-state index contributed by atoms with van der Waals surface area (Å²) in [5.41, 5.74) is 0.733. The number of carbonyl (C=O) groups excluding carboxylic acids is 2. The van der Waals surface area contributed by atoms with Crippen LogP contribution in [0, 0.1) is 6.07 Å². The minimum Gasteiger partial charge on any atom is -0.463 e. The van der Waals surface area contributed by atoms with E-state index < -0.39 is 11.9 Å². The fraction of sp³-hybridized carbons (Fsp3) is 0.333. The molecule has 1 rings (SSSR count). The summed E-state index contributed by atoms with van der Waals surface area (Å²) in [6.07, 6.45) is 0.111. The van der Waals surface area contributed by atoms with Crippen molar-refractivity contribution in [3.8, 4) is 0 Å². The zero-order valence-corrected chi connectivity index (χ0v) is 9.06. The molecule has 4 nitrogen and oxygen atoms in total. The Bertz CT molecular complexity index is 345. The molecule has 0 bridgehead atoms. The van der Waals surface area contributed by atoms with Crippen LogP contribution in [0.5, 0.6) is 0 Å². The van der Waals surface area contributed by atoms with E-state index in [1.807, 2.05) is 12.1 Å². The summed E-state index contributed by atoms with van der Waals surface area (Å²) in [5, 5.41) is 0. The Hall–Kier alpha value is -1.84. The predicted octanol–water partition coefficient (Wildman–Crippen LogP) is 1.14. The fourth-order valence-corrected chi connectivity index (χ4v) is 1.09. The first-order chi connectivity index (χ1) is 7.72. The maximum atomic E-state index is 11.3. The Morgan fingerprint density at radius 1 is 1.25 bits per heavy atom. The number of benzene rings is 1. The lowest BCUT2D eigenvalue weighted by Gasteiger charge is -2.04. The molecular formula is C12H13O4. The number of rotatable bonds is 5. The van der Waals surface area contributed by atoms with Crippen LogP contribution in [0.3, 0.4) is 0 Å². The first kappa shape index (κ1) is 12.2. The lowest BCUT2D eigenvalue weighted by molar-refractivity contribution is -0.158. The van der Waals surface area contributed by atoms with Crippen molar-refractivity contribution in [2.45, 2.75) is 13.3 Å². The van der Waals surface area contributed by atoms with Crippen molar-refractivity contribution in [3.05, 3.63) is 35.9 Å². The van der Waals surface area contributed by atoms with Crippen LogP contribution < -0.4 is 0 Å². The molecule has 0 aliphatic heterocycles. The van der Waals surface area contributed by atoms with E-state index in [-0.39, 0.29) is 19.6 Å². The number of hydrogen-bond acceptors (Lipinski definition) is 4. The number of ether oxygens (including phenoxy) is 2. The van der Waals surface area contributed by atoms with Crippen LogP contribution in [-0.4, -0.2) is 25.2 Å². The van der Waals surface area contributed by atoms with E-state index in [4.69, 9.17) is 4.74 Å². The molecule has 1 aromatic rings. The van der Waals surface area contributed by atoms with Crippen molar-refractivity contribution in [1.29, 1.82) is 0 Å². The SMILES string of the molecule is CCOC(=O)COC(=O)Cc1[c]cccc1. The Morgan fingerprint density at radius 3 is 2.69 bits per heavy atom. The monoisotopic (exact) mass is 221 g/mol. The van der Waals surface area contributed by atoms with E-state index in [0.717, 1.165) is 5.56 Å². The molecule has 0 spiro atoms. The highest BCUT2D eigenvalue weighted by Crippen LogP contribution is 1.99. The molecule has 0 unspecified atom stereocenters. The van der Waals surface area contributed by atoms with Gasteiger partial charge in [0.05, 0.1) is 13.0 Å². The van der Waals surface area contributed by atoms with Gasteiger partial charge in [0, 0.05) is 0 Å². The van der Waals surface area contributed by atoms with Gasteiger partial charge in [0.25, 0.3) is 0 Å². The quantitative estimate of drug-likeness (QED) is 0.699. The van der Waals surface area contributed by atoms with Gasteiger partial charge in [0.15, 0.2) is 6.61 Å². The summed E-state index contributed by atoms with van der Waals surface area (Å²) in [6.45, 7) is 1.64. The summed E-state index contributed by atoms with van der Waals surface area (Å²) in [5.74, 6) is -0.997. The van der Waals surface area contributed by atoms with Gasteiger partial charge in [0.1, 0.15) is 0 Å². The highest BCUT2D eigenvalue weighted by atomic mass is 16.6. The Labute approximate surface area is 94.2 Å². The van der Waals surface area contributed by atoms with Gasteiger partial charge in [-0.15, -0.1) is 0 Å². The largest absolute Gasteiger partial charge is 0.463 e. The molecule has 0 atom stereocenters. The van der Waals surface area contributed by atoms with E-state index in [1.165, 1.54) is 0 Å². The van der Waals surface area contributed by atoms with Gasteiger partial charge < -0.3 is 9.47 Å². The van der Waals surface area contributed by atoms with Gasteiger partial charge in [0.2, 0.25) is 0 Å². The van der Waals surface area contributed by atoms with Crippen LogP contribution in [0.4, 0.5) is 0 Å². The van der Waals surface area contributed by atoms with Crippen LogP contribution in [0.25, 0.3) is 0 Å². The summed E-state index contributed by atoms with van der Waals surface area (Å²) in [4.78, 5) is 22.2. The molecule has 4 heteroatoms. The van der Waals surface area contributed by atoms with E-state index in [0.29, 0.717) is 0 Å². The molecule has 1 aromatic carbocycles. The average Bonchev–Trinajstić information content (AvgIpc) is 2.28. The molecule has 0 amide bonds. The van der Waals surface area contributed by atoms with Crippen molar-refractivity contribution in [3.63, 3.8) is 0 Å². The Morgan fingerprint density at radius 2 is 2.06 bits per heavy atom. The molecule has 0 saturated heterocycles. The summed E-state index contributed by atoms with van der Waals surface area (Å²) >= 11 is 0. The predicted molar refractivity (Wildman–Crippen MR) is 56.6 cm³/mol. The standard InChI is InChI=1S/C12H13O4/c1-2-15-12(14)9-16-11(13)8-10-6-4-3-5-7-10/h3-6H,2,8-9H2,1H3. The third-order valence-electron chi connectivity index (χ3n) is 1.76. The summed E-state index contributed by atoms with van der Waals surface area (Å²) < 4.78 is 9.35. The molecule has 0 fully saturated rings. The van der Waals surface area contributed by atoms with E-state index in [2.05, 4.69) is 10.8 Å². The first-order valence-electron chi connectivity index (χ1n) is 4.99. The van der Waals surface area contributed by atoms with Crippen LogP contribution >= 0.6 is 0 Å². The number of hydrogen-bond donors (Lipinski definition) is 0. The molecule has 0 saturated carbocycles. The van der Waals surface area contributed by atoms with Crippen molar-refractivity contribution < 1.29 is 19.1 Å². The highest BCUT2D eigenvalue weighted by molar-refractivity contribution is 5.77. The van der Waals surface area contributed by atoms with Crippen LogP contribution in [-0.2, 0) is 25.5 Å². The van der Waals surface area contributed by atoms with Crippen molar-refractivity contribution in [1.82, 2.24) is 0 Å². The topological polar surface area (TPSA) is 52.6 Å². The zero-order chi connectivity index (χ0) is 11.8. The van der Waals surface area contributed by atoms with Crippen molar-refractivity contribution >= 4 is 11.9 Å². The van der Waals surface area contributed by atoms with Gasteiger partial charge in [-0.1, -0.05) is 24.3 Å². The second-order valence-electron chi connectivity index (χ2n) is 3.03. The van der Waals surface area contributed by atoms with Gasteiger partial charge in [-0.25, -0.2) is 4.79 Å². The number of esters is 2. The van der Waals surface area contributed by atoms with Gasteiger partial charge in [-0.2, -0.15) is 0 Å². The lowest BCUT2D eigenvalue weighted by Crippen LogP contribution is -2.17. The second kappa shape index (κ2) is 6.61. The Balaban J connectivity index is 2.29. The zero-order valence-electron chi connectivity index (χ0n) is 9.06. The van der Waals surface area contributed by atoms with Crippen LogP contribution in [0.2, 0.25) is 0 Å². The third-order valence-corrected chi connectivity index (χ3v) is 1.76. The third kappa shape index (κ3) is 4.59. The normalized spacial score (nSPS) is 9.56. The van der Waals surface area contributed by atoms with E-state index >= 15 is 0 Å². The van der Waals surface area contributed by atoms with Gasteiger partial charge >= 0.3 is 11.9 Å². The minimum absolute atomic E-state index is 0.111. The van der Waals surface area contributed by atoms with Gasteiger partial charge in [-0.05, 0) is 18.6 Å². The maximum absolute atomic E-state index is 11.3. The molecule has 85 valence electrons. The smallest absolute Gasteiger partial charge is 0.344 e. The second-order valence-corrected chi connectivity index (χ2v) is 3.03. The molecule has 0 heterocycles. The summed E-state index contributed by atoms with van der Waals surface area (Å²) in [7, 11) is 0. The number of carbonyl (C=O) groups is 2. The van der Waals surface area contributed by atoms with E-state index in [1.54, 1.807) is 19.1 Å².